The Kier molecular flexibility index (Phi) is 5.72. The molecule has 1 saturated heterocycles. The van der Waals surface area contributed by atoms with Crippen LogP contribution in [0.2, 0.25) is 5.02 Å². The number of pyridine rings is 1. The molecule has 3 heterocycles. The van der Waals surface area contributed by atoms with Crippen molar-refractivity contribution in [3.05, 3.63) is 63.9 Å². The highest BCUT2D eigenvalue weighted by Crippen LogP contribution is 2.52. The Bertz CT molecular complexity index is 1110. The summed E-state index contributed by atoms with van der Waals surface area (Å²) in [4.78, 5) is 23.8. The number of likely N-dealkylation sites (tertiary alicyclic amines) is 1. The second-order valence-electron chi connectivity index (χ2n) is 8.62. The zero-order chi connectivity index (χ0) is 22.3. The van der Waals surface area contributed by atoms with Gasteiger partial charge >= 0.3 is 0 Å². The number of carbonyl (C=O) groups is 1. The number of thioether (sulfide) groups is 1. The molecule has 1 aromatic carbocycles. The number of hydrogen-bond acceptors (Lipinski definition) is 5. The molecule has 1 amide bonds. The van der Waals surface area contributed by atoms with Gasteiger partial charge in [-0.2, -0.15) is 0 Å². The Balaban J connectivity index is 1.44. The summed E-state index contributed by atoms with van der Waals surface area (Å²) in [6, 6.07) is 9.07. The van der Waals surface area contributed by atoms with Crippen LogP contribution in [0.1, 0.15) is 41.6 Å². The first-order chi connectivity index (χ1) is 15.4. The van der Waals surface area contributed by atoms with Gasteiger partial charge in [-0.3, -0.25) is 14.8 Å². The Hall–Kier alpha value is -2.38. The van der Waals surface area contributed by atoms with E-state index in [2.05, 4.69) is 4.98 Å². The summed E-state index contributed by atoms with van der Waals surface area (Å²) in [5, 5.41) is 1.02. The van der Waals surface area contributed by atoms with E-state index in [1.807, 2.05) is 23.1 Å². The Morgan fingerprint density at radius 1 is 1.31 bits per heavy atom. The molecule has 1 spiro atoms. The molecule has 8 heteroatoms. The van der Waals surface area contributed by atoms with Gasteiger partial charge in [0.05, 0.1) is 16.3 Å². The van der Waals surface area contributed by atoms with Crippen LogP contribution < -0.4 is 5.73 Å². The lowest BCUT2D eigenvalue weighted by molar-refractivity contribution is -0.131. The van der Waals surface area contributed by atoms with E-state index in [9.17, 15) is 9.18 Å². The normalized spacial score (nSPS) is 24.8. The van der Waals surface area contributed by atoms with Crippen molar-refractivity contribution in [2.75, 3.05) is 18.8 Å². The Morgan fingerprint density at radius 2 is 2.12 bits per heavy atom. The quantitative estimate of drug-likeness (QED) is 0.706. The fourth-order valence-corrected chi connectivity index (χ4v) is 6.00. The van der Waals surface area contributed by atoms with E-state index in [1.165, 1.54) is 29.6 Å². The molecule has 0 saturated carbocycles. The number of hydrogen-bond donors (Lipinski definition) is 1. The number of aliphatic imine (C=N–C) groups is 1. The maximum Gasteiger partial charge on any atom is 0.222 e. The van der Waals surface area contributed by atoms with Crippen molar-refractivity contribution < 1.29 is 9.18 Å². The first-order valence-corrected chi connectivity index (χ1v) is 12.2. The predicted octanol–water partition coefficient (Wildman–Crippen LogP) is 4.64. The summed E-state index contributed by atoms with van der Waals surface area (Å²) in [5.41, 5.74) is 8.81. The maximum atomic E-state index is 14.8. The Labute approximate surface area is 195 Å². The van der Waals surface area contributed by atoms with E-state index in [0.29, 0.717) is 16.6 Å². The molecule has 1 aliphatic carbocycles. The number of halogens is 2. The zero-order valence-electron chi connectivity index (χ0n) is 17.6. The largest absolute Gasteiger partial charge is 0.379 e. The highest BCUT2D eigenvalue weighted by Gasteiger charge is 2.51. The minimum absolute atomic E-state index is 0.0717. The lowest BCUT2D eigenvalue weighted by Crippen LogP contribution is -2.50. The number of aromatic nitrogens is 1. The molecule has 166 valence electrons. The summed E-state index contributed by atoms with van der Waals surface area (Å²) >= 11 is 7.37. The minimum atomic E-state index is -0.501. The van der Waals surface area contributed by atoms with Crippen molar-refractivity contribution in [2.45, 2.75) is 31.2 Å². The number of amides is 1. The number of fused-ring (bicyclic) bond motifs is 2. The average molecular weight is 471 g/mol. The maximum absolute atomic E-state index is 14.8. The molecule has 1 fully saturated rings. The lowest BCUT2D eigenvalue weighted by Gasteiger charge is -2.48. The molecule has 2 N–H and O–H groups in total. The summed E-state index contributed by atoms with van der Waals surface area (Å²) < 4.78 is 14.8. The van der Waals surface area contributed by atoms with Gasteiger partial charge in [0.1, 0.15) is 5.83 Å². The summed E-state index contributed by atoms with van der Waals surface area (Å²) in [7, 11) is 0. The fraction of sp³-hybridized carbons (Fsp3) is 0.375. The van der Waals surface area contributed by atoms with Gasteiger partial charge < -0.3 is 10.6 Å². The standard InChI is InChI=1S/C24H24ClFN4OS/c25-18-5-6-21(28-13-18)20(26)10-15-3-4-16-12-24(19(16)9-15)17(14-32-23(27)29-24)11-22(31)30-7-1-2-8-30/h3-6,9-10,13,17H,1-2,7-8,11-12,14H2,(H2,27,29)/b20-10-/t17-,24-/m0/s1. The van der Waals surface area contributed by atoms with Gasteiger partial charge in [-0.15, -0.1) is 0 Å². The van der Waals surface area contributed by atoms with Crippen LogP contribution in [0.15, 0.2) is 41.5 Å². The highest BCUT2D eigenvalue weighted by atomic mass is 35.5. The molecular formula is C24H24ClFN4OS. The van der Waals surface area contributed by atoms with Crippen molar-refractivity contribution in [3.63, 3.8) is 0 Å². The van der Waals surface area contributed by atoms with Gasteiger partial charge in [-0.1, -0.05) is 35.5 Å². The molecule has 5 nitrogen and oxygen atoms in total. The number of amidine groups is 1. The lowest BCUT2D eigenvalue weighted by atomic mass is 9.63. The van der Waals surface area contributed by atoms with Crippen molar-refractivity contribution in [1.29, 1.82) is 0 Å². The van der Waals surface area contributed by atoms with Crippen LogP contribution in [-0.2, 0) is 16.8 Å². The molecule has 2 atom stereocenters. The number of nitrogens with two attached hydrogens (primary N) is 1. The summed E-state index contributed by atoms with van der Waals surface area (Å²) in [6.07, 6.45) is 6.27. The molecule has 2 aliphatic heterocycles. The van der Waals surface area contributed by atoms with Gasteiger partial charge in [-0.25, -0.2) is 4.39 Å². The topological polar surface area (TPSA) is 71.6 Å². The number of carbonyl (C=O) groups excluding carboxylic acids is 1. The molecule has 0 bridgehead atoms. The SMILES string of the molecule is NC1=N[C@@]2(Cc3ccc(/C=C(\F)c4ccc(Cl)cn4)cc32)[C@@H](CC(=O)N2CCCC2)CS1. The molecule has 5 rings (SSSR count). The first-order valence-electron chi connectivity index (χ1n) is 10.8. The van der Waals surface area contributed by atoms with Crippen LogP contribution >= 0.6 is 23.4 Å². The smallest absolute Gasteiger partial charge is 0.222 e. The van der Waals surface area contributed by atoms with Crippen molar-refractivity contribution in [3.8, 4) is 0 Å². The monoisotopic (exact) mass is 470 g/mol. The van der Waals surface area contributed by atoms with E-state index in [4.69, 9.17) is 22.3 Å². The predicted molar refractivity (Wildman–Crippen MR) is 128 cm³/mol. The van der Waals surface area contributed by atoms with E-state index < -0.39 is 11.4 Å². The highest BCUT2D eigenvalue weighted by molar-refractivity contribution is 8.13. The third-order valence-corrected chi connectivity index (χ3v) is 7.80. The first kappa shape index (κ1) is 21.5. The molecule has 1 aromatic heterocycles. The number of rotatable bonds is 4. The van der Waals surface area contributed by atoms with E-state index in [-0.39, 0.29) is 17.5 Å². The van der Waals surface area contributed by atoms with E-state index in [1.54, 1.807) is 12.1 Å². The molecular weight excluding hydrogens is 447 g/mol. The Morgan fingerprint density at radius 3 is 2.88 bits per heavy atom. The van der Waals surface area contributed by atoms with Crippen molar-refractivity contribution in [1.82, 2.24) is 9.88 Å². The minimum Gasteiger partial charge on any atom is -0.379 e. The zero-order valence-corrected chi connectivity index (χ0v) is 19.1. The van der Waals surface area contributed by atoms with Crippen LogP contribution in [0.3, 0.4) is 0 Å². The van der Waals surface area contributed by atoms with Crippen LogP contribution in [0.25, 0.3) is 11.9 Å². The van der Waals surface area contributed by atoms with Crippen molar-refractivity contribution >= 4 is 46.3 Å². The van der Waals surface area contributed by atoms with E-state index >= 15 is 0 Å². The molecule has 3 aliphatic rings. The molecule has 0 radical (unpaired) electrons. The second kappa shape index (κ2) is 8.52. The molecule has 32 heavy (non-hydrogen) atoms. The molecule has 0 unspecified atom stereocenters. The van der Waals surface area contributed by atoms with Crippen molar-refractivity contribution in [2.24, 2.45) is 16.6 Å². The van der Waals surface area contributed by atoms with Crippen LogP contribution in [0.5, 0.6) is 0 Å². The molecule has 2 aromatic rings. The number of benzene rings is 1. The summed E-state index contributed by atoms with van der Waals surface area (Å²) in [5.74, 6) is 0.602. The summed E-state index contributed by atoms with van der Waals surface area (Å²) in [6.45, 7) is 1.70. The fourth-order valence-electron chi connectivity index (χ4n) is 4.90. The van der Waals surface area contributed by atoms with Gasteiger partial charge in [0, 0.05) is 43.8 Å². The van der Waals surface area contributed by atoms with Gasteiger partial charge in [0.15, 0.2) is 5.17 Å². The van der Waals surface area contributed by atoms with Crippen LogP contribution in [0.4, 0.5) is 4.39 Å². The second-order valence-corrected chi connectivity index (χ2v) is 10.1. The van der Waals surface area contributed by atoms with Crippen LogP contribution in [-0.4, -0.2) is 39.8 Å². The average Bonchev–Trinajstić information content (AvgIpc) is 3.31. The van der Waals surface area contributed by atoms with E-state index in [0.717, 1.165) is 49.2 Å². The third kappa shape index (κ3) is 3.92. The van der Waals surface area contributed by atoms with Gasteiger partial charge in [-0.05, 0) is 53.8 Å². The number of nitrogens with zero attached hydrogens (tertiary/aromatic N) is 3. The van der Waals surface area contributed by atoms with Gasteiger partial charge in [0.2, 0.25) is 5.91 Å². The van der Waals surface area contributed by atoms with Gasteiger partial charge in [0.25, 0.3) is 0 Å². The van der Waals surface area contributed by atoms with Crippen LogP contribution in [0, 0.1) is 5.92 Å². The third-order valence-electron chi connectivity index (χ3n) is 6.62.